The fraction of sp³-hybridized carbons (Fsp3) is 0.350. The van der Waals surface area contributed by atoms with Crippen molar-refractivity contribution in [1.29, 1.82) is 5.41 Å². The summed E-state index contributed by atoms with van der Waals surface area (Å²) in [6, 6.07) is 7.03. The Morgan fingerprint density at radius 3 is 2.49 bits per heavy atom. The van der Waals surface area contributed by atoms with Crippen LogP contribution in [0, 0.1) is 5.41 Å². The van der Waals surface area contributed by atoms with Gasteiger partial charge in [-0.25, -0.2) is 14.4 Å². The maximum absolute atomic E-state index is 12.3. The van der Waals surface area contributed by atoms with E-state index in [1.54, 1.807) is 30.3 Å². The summed E-state index contributed by atoms with van der Waals surface area (Å²) in [4.78, 5) is 76.2. The Morgan fingerprint density at radius 2 is 1.80 bits per heavy atom. The van der Waals surface area contributed by atoms with E-state index >= 15 is 0 Å². The Morgan fingerprint density at radius 1 is 1.09 bits per heavy atom. The van der Waals surface area contributed by atoms with E-state index in [-0.39, 0.29) is 32.4 Å². The third-order valence-electron chi connectivity index (χ3n) is 4.46. The molecule has 0 bridgehead atoms. The molecule has 0 saturated carbocycles. The van der Waals surface area contributed by atoms with Crippen LogP contribution in [0.25, 0.3) is 0 Å². The number of ether oxygens (including phenoxy) is 1. The second-order valence-electron chi connectivity index (χ2n) is 7.16. The number of imide groups is 1. The van der Waals surface area contributed by atoms with Crippen LogP contribution in [0.5, 0.6) is 0 Å². The number of hydroxylamine groups is 1. The molecule has 1 aromatic carbocycles. The van der Waals surface area contributed by atoms with Crippen molar-refractivity contribution in [3.05, 3.63) is 35.9 Å². The first kappa shape index (κ1) is 26.6. The van der Waals surface area contributed by atoms with Crippen LogP contribution in [0.3, 0.4) is 0 Å². The Kier molecular flexibility index (Phi) is 9.96. The predicted octanol–water partition coefficient (Wildman–Crippen LogP) is -1.41. The van der Waals surface area contributed by atoms with Gasteiger partial charge in [-0.3, -0.25) is 30.0 Å². The van der Waals surface area contributed by atoms with E-state index in [0.29, 0.717) is 4.90 Å². The monoisotopic (exact) mass is 491 g/mol. The molecule has 0 aliphatic carbocycles. The smallest absolute Gasteiger partial charge is 0.441 e. The normalized spacial score (nSPS) is 14.5. The number of benzene rings is 1. The average molecular weight is 491 g/mol. The number of hydrogen-bond donors (Lipinski definition) is 6. The largest absolute Gasteiger partial charge is 0.443 e. The maximum atomic E-state index is 12.3. The van der Waals surface area contributed by atoms with Gasteiger partial charge in [0.15, 0.2) is 5.96 Å². The van der Waals surface area contributed by atoms with Crippen LogP contribution in [-0.4, -0.2) is 65.8 Å². The highest BCUT2D eigenvalue weighted by molar-refractivity contribution is 6.06. The van der Waals surface area contributed by atoms with Crippen LogP contribution in [0.1, 0.15) is 24.8 Å². The molecular formula is C20H25N7O8. The average Bonchev–Trinajstić information content (AvgIpc) is 3.07. The quantitative estimate of drug-likeness (QED) is 0.0977. The zero-order valence-electron chi connectivity index (χ0n) is 18.5. The first-order chi connectivity index (χ1) is 16.7. The van der Waals surface area contributed by atoms with Crippen LogP contribution in [0.4, 0.5) is 9.59 Å². The van der Waals surface area contributed by atoms with Crippen LogP contribution in [0.15, 0.2) is 30.3 Å². The molecule has 0 spiro atoms. The second-order valence-corrected chi connectivity index (χ2v) is 7.16. The number of amides is 6. The van der Waals surface area contributed by atoms with Gasteiger partial charge in [0.1, 0.15) is 19.2 Å². The summed E-state index contributed by atoms with van der Waals surface area (Å²) in [5.74, 6) is -3.41. The molecule has 0 aromatic heterocycles. The lowest BCUT2D eigenvalue weighted by Crippen LogP contribution is -2.42. The SMILES string of the molecule is N=C(N)NC(=O)CC[C@@H]1NC(=O)N(CC(=O)NCCC(=O)ONC(=O)OCc2ccccc2)C1=O. The summed E-state index contributed by atoms with van der Waals surface area (Å²) in [5, 5.41) is 13.7. The molecule has 1 atom stereocenters. The minimum Gasteiger partial charge on any atom is -0.443 e. The van der Waals surface area contributed by atoms with E-state index in [0.717, 1.165) is 5.56 Å². The van der Waals surface area contributed by atoms with Crippen molar-refractivity contribution < 1.29 is 38.3 Å². The minimum absolute atomic E-state index is 0.0183. The number of nitrogens with two attached hydrogens (primary N) is 1. The molecule has 1 aromatic rings. The van der Waals surface area contributed by atoms with E-state index in [9.17, 15) is 28.8 Å². The van der Waals surface area contributed by atoms with Crippen molar-refractivity contribution >= 4 is 41.8 Å². The fourth-order valence-electron chi connectivity index (χ4n) is 2.82. The Labute approximate surface area is 199 Å². The summed E-state index contributed by atoms with van der Waals surface area (Å²) < 4.78 is 4.86. The predicted molar refractivity (Wildman–Crippen MR) is 117 cm³/mol. The first-order valence-electron chi connectivity index (χ1n) is 10.3. The third-order valence-corrected chi connectivity index (χ3v) is 4.46. The van der Waals surface area contributed by atoms with Gasteiger partial charge in [-0.05, 0) is 12.0 Å². The van der Waals surface area contributed by atoms with Crippen LogP contribution >= 0.6 is 0 Å². The molecule has 1 saturated heterocycles. The molecule has 0 unspecified atom stereocenters. The van der Waals surface area contributed by atoms with E-state index in [1.165, 1.54) is 0 Å². The minimum atomic E-state index is -1.00. The van der Waals surface area contributed by atoms with Crippen LogP contribution < -0.4 is 27.2 Å². The zero-order chi connectivity index (χ0) is 25.8. The lowest BCUT2D eigenvalue weighted by Gasteiger charge is -2.13. The summed E-state index contributed by atoms with van der Waals surface area (Å²) in [6.07, 6.45) is -1.50. The number of guanidine groups is 1. The van der Waals surface area contributed by atoms with Crippen molar-refractivity contribution in [2.45, 2.75) is 31.9 Å². The first-order valence-corrected chi connectivity index (χ1v) is 10.3. The van der Waals surface area contributed by atoms with Crippen molar-refractivity contribution in [1.82, 2.24) is 26.3 Å². The van der Waals surface area contributed by atoms with Crippen LogP contribution in [0.2, 0.25) is 0 Å². The van der Waals surface area contributed by atoms with Gasteiger partial charge in [0, 0.05) is 13.0 Å². The van der Waals surface area contributed by atoms with Gasteiger partial charge in [-0.15, -0.1) is 5.48 Å². The fourth-order valence-corrected chi connectivity index (χ4v) is 2.82. The van der Waals surface area contributed by atoms with E-state index in [4.69, 9.17) is 15.9 Å². The molecule has 1 aliphatic rings. The van der Waals surface area contributed by atoms with Gasteiger partial charge in [0.2, 0.25) is 11.8 Å². The van der Waals surface area contributed by atoms with Crippen molar-refractivity contribution in [3.63, 3.8) is 0 Å². The molecule has 188 valence electrons. The number of rotatable bonds is 10. The molecule has 15 heteroatoms. The molecule has 2 rings (SSSR count). The summed E-state index contributed by atoms with van der Waals surface area (Å²) in [7, 11) is 0. The number of carbonyl (C=O) groups excluding carboxylic acids is 6. The maximum Gasteiger partial charge on any atom is 0.441 e. The van der Waals surface area contributed by atoms with Gasteiger partial charge < -0.3 is 25.9 Å². The molecule has 1 heterocycles. The van der Waals surface area contributed by atoms with E-state index in [2.05, 4.69) is 15.5 Å². The van der Waals surface area contributed by atoms with E-state index in [1.807, 2.05) is 10.8 Å². The van der Waals surface area contributed by atoms with Gasteiger partial charge in [0.05, 0.1) is 6.42 Å². The number of nitrogens with zero attached hydrogens (tertiary/aromatic N) is 1. The lowest BCUT2D eigenvalue weighted by molar-refractivity contribution is -0.149. The number of nitrogens with one attached hydrogen (secondary N) is 5. The summed E-state index contributed by atoms with van der Waals surface area (Å²) in [5.41, 5.74) is 7.60. The lowest BCUT2D eigenvalue weighted by atomic mass is 10.1. The topological polar surface area (TPSA) is 222 Å². The second kappa shape index (κ2) is 13.1. The molecule has 1 fully saturated rings. The number of carbonyl (C=O) groups is 6. The molecule has 1 aliphatic heterocycles. The Balaban J connectivity index is 1.62. The summed E-state index contributed by atoms with van der Waals surface area (Å²) in [6.45, 7) is -0.799. The van der Waals surface area contributed by atoms with Crippen molar-refractivity contribution in [3.8, 4) is 0 Å². The third kappa shape index (κ3) is 9.37. The standard InChI is InChI=1S/C20H25N7O8/c21-18(22)25-14(28)7-6-13-17(31)27(19(32)24-13)10-15(29)23-9-8-16(30)35-26-20(33)34-11-12-4-2-1-3-5-12/h1-5,13H,6-11H2,(H,23,29)(H,24,32)(H,26,33)(H4,21,22,25,28)/t13-/m0/s1. The molecule has 35 heavy (non-hydrogen) atoms. The molecule has 15 nitrogen and oxygen atoms in total. The highest BCUT2D eigenvalue weighted by Gasteiger charge is 2.38. The Hall–Kier alpha value is -4.69. The van der Waals surface area contributed by atoms with Gasteiger partial charge in [0.25, 0.3) is 5.91 Å². The van der Waals surface area contributed by atoms with Gasteiger partial charge in [-0.1, -0.05) is 30.3 Å². The molecule has 0 radical (unpaired) electrons. The Bertz CT molecular complexity index is 985. The van der Waals surface area contributed by atoms with Gasteiger partial charge >= 0.3 is 18.1 Å². The highest BCUT2D eigenvalue weighted by atomic mass is 16.7. The molecular weight excluding hydrogens is 466 g/mol. The molecule has 6 amide bonds. The molecule has 7 N–H and O–H groups in total. The number of hydrogen-bond acceptors (Lipinski definition) is 9. The van der Waals surface area contributed by atoms with Crippen LogP contribution in [-0.2, 0) is 35.4 Å². The number of urea groups is 1. The zero-order valence-corrected chi connectivity index (χ0v) is 18.5. The van der Waals surface area contributed by atoms with Gasteiger partial charge in [-0.2, -0.15) is 0 Å². The summed E-state index contributed by atoms with van der Waals surface area (Å²) >= 11 is 0. The highest BCUT2D eigenvalue weighted by Crippen LogP contribution is 2.11. The van der Waals surface area contributed by atoms with E-state index < -0.39 is 54.4 Å². The van der Waals surface area contributed by atoms with Crippen molar-refractivity contribution in [2.75, 3.05) is 13.1 Å². The van der Waals surface area contributed by atoms with Crippen molar-refractivity contribution in [2.24, 2.45) is 5.73 Å².